The molecular formula is C19H20FN3O3S. The van der Waals surface area contributed by atoms with Gasteiger partial charge >= 0.3 is 0 Å². The number of hydrogen-bond acceptors (Lipinski definition) is 5. The number of benzene rings is 2. The summed E-state index contributed by atoms with van der Waals surface area (Å²) in [7, 11) is -3.72. The molecule has 0 unspecified atom stereocenters. The second-order valence-electron chi connectivity index (χ2n) is 6.51. The van der Waals surface area contributed by atoms with Crippen LogP contribution in [0.4, 0.5) is 4.39 Å². The highest BCUT2D eigenvalue weighted by molar-refractivity contribution is 7.89. The third-order valence-electron chi connectivity index (χ3n) is 3.95. The van der Waals surface area contributed by atoms with Crippen molar-refractivity contribution in [2.75, 3.05) is 6.54 Å². The minimum atomic E-state index is -3.72. The summed E-state index contributed by atoms with van der Waals surface area (Å²) in [5.41, 5.74) is 0.886. The van der Waals surface area contributed by atoms with E-state index in [1.807, 2.05) is 13.8 Å². The Morgan fingerprint density at radius 1 is 1.11 bits per heavy atom. The topological polar surface area (TPSA) is 85.1 Å². The van der Waals surface area contributed by atoms with Crippen LogP contribution in [-0.2, 0) is 10.0 Å². The third-order valence-corrected chi connectivity index (χ3v) is 5.47. The Kier molecular flexibility index (Phi) is 5.67. The van der Waals surface area contributed by atoms with Crippen molar-refractivity contribution in [3.8, 4) is 22.8 Å². The lowest BCUT2D eigenvalue weighted by atomic mass is 10.1. The Hall–Kier alpha value is -2.58. The molecule has 1 aromatic heterocycles. The van der Waals surface area contributed by atoms with Crippen molar-refractivity contribution in [2.24, 2.45) is 5.92 Å². The molecular weight excluding hydrogens is 369 g/mol. The number of hydrogen-bond donors (Lipinski definition) is 1. The molecule has 0 atom stereocenters. The fourth-order valence-corrected chi connectivity index (χ4v) is 3.73. The van der Waals surface area contributed by atoms with Crippen LogP contribution in [-0.4, -0.2) is 25.1 Å². The van der Waals surface area contributed by atoms with E-state index in [2.05, 4.69) is 14.9 Å². The van der Waals surface area contributed by atoms with E-state index >= 15 is 0 Å². The highest BCUT2D eigenvalue weighted by Crippen LogP contribution is 2.28. The van der Waals surface area contributed by atoms with Crippen LogP contribution in [0, 0.1) is 11.7 Å². The molecule has 27 heavy (non-hydrogen) atoms. The van der Waals surface area contributed by atoms with Gasteiger partial charge < -0.3 is 4.52 Å². The molecule has 0 aliphatic heterocycles. The van der Waals surface area contributed by atoms with Crippen molar-refractivity contribution >= 4 is 10.0 Å². The van der Waals surface area contributed by atoms with Gasteiger partial charge in [0.1, 0.15) is 5.82 Å². The fourth-order valence-electron chi connectivity index (χ4n) is 2.49. The number of nitrogens with zero attached hydrogens (tertiary/aromatic N) is 2. The Labute approximate surface area is 157 Å². The van der Waals surface area contributed by atoms with Crippen molar-refractivity contribution in [1.29, 1.82) is 0 Å². The molecule has 0 bridgehead atoms. The van der Waals surface area contributed by atoms with Gasteiger partial charge in [0.25, 0.3) is 5.89 Å². The van der Waals surface area contributed by atoms with Crippen LogP contribution in [0.15, 0.2) is 57.9 Å². The number of halogens is 1. The van der Waals surface area contributed by atoms with Crippen LogP contribution in [0.25, 0.3) is 22.8 Å². The zero-order valence-electron chi connectivity index (χ0n) is 15.0. The standard InChI is InChI=1S/C19H20FN3O3S/c1-13(2)11-12-21-27(24,25)17-6-4-3-5-16(17)19-22-18(23-26-19)14-7-9-15(20)10-8-14/h3-10,13,21H,11-12H2,1-2H3. The molecule has 0 saturated heterocycles. The summed E-state index contributed by atoms with van der Waals surface area (Å²) < 4.78 is 46.3. The highest BCUT2D eigenvalue weighted by atomic mass is 32.2. The first-order chi connectivity index (χ1) is 12.9. The molecule has 3 aromatic rings. The molecule has 0 spiro atoms. The summed E-state index contributed by atoms with van der Waals surface area (Å²) in [6.07, 6.45) is 0.733. The molecule has 3 rings (SSSR count). The maximum Gasteiger partial charge on any atom is 0.259 e. The summed E-state index contributed by atoms with van der Waals surface area (Å²) in [5, 5.41) is 3.88. The lowest BCUT2D eigenvalue weighted by Gasteiger charge is -2.10. The molecule has 0 aliphatic rings. The third kappa shape index (κ3) is 4.58. The summed E-state index contributed by atoms with van der Waals surface area (Å²) in [5.74, 6) is 0.354. The molecule has 0 saturated carbocycles. The van der Waals surface area contributed by atoms with E-state index < -0.39 is 10.0 Å². The monoisotopic (exact) mass is 389 g/mol. The molecule has 6 nitrogen and oxygen atoms in total. The van der Waals surface area contributed by atoms with Gasteiger partial charge in [0, 0.05) is 12.1 Å². The van der Waals surface area contributed by atoms with Gasteiger partial charge in [-0.3, -0.25) is 0 Å². The Morgan fingerprint density at radius 3 is 2.52 bits per heavy atom. The smallest absolute Gasteiger partial charge is 0.259 e. The van der Waals surface area contributed by atoms with Gasteiger partial charge in [-0.1, -0.05) is 31.1 Å². The van der Waals surface area contributed by atoms with Crippen molar-refractivity contribution in [3.05, 3.63) is 54.3 Å². The number of sulfonamides is 1. The van der Waals surface area contributed by atoms with Crippen LogP contribution in [0.3, 0.4) is 0 Å². The van der Waals surface area contributed by atoms with E-state index in [-0.39, 0.29) is 22.4 Å². The van der Waals surface area contributed by atoms with Crippen LogP contribution in [0.1, 0.15) is 20.3 Å². The van der Waals surface area contributed by atoms with Gasteiger partial charge in [-0.2, -0.15) is 4.98 Å². The van der Waals surface area contributed by atoms with Gasteiger partial charge in [0.15, 0.2) is 0 Å². The number of aromatic nitrogens is 2. The molecule has 0 radical (unpaired) electrons. The largest absolute Gasteiger partial charge is 0.334 e. The molecule has 2 aromatic carbocycles. The molecule has 1 heterocycles. The minimum absolute atomic E-state index is 0.0723. The van der Waals surface area contributed by atoms with Crippen molar-refractivity contribution in [3.63, 3.8) is 0 Å². The molecule has 142 valence electrons. The maximum absolute atomic E-state index is 13.1. The number of rotatable bonds is 7. The Balaban J connectivity index is 1.91. The SMILES string of the molecule is CC(C)CCNS(=O)(=O)c1ccccc1-c1nc(-c2ccc(F)cc2)no1. The second-order valence-corrected chi connectivity index (χ2v) is 8.24. The van der Waals surface area contributed by atoms with E-state index in [4.69, 9.17) is 4.52 Å². The maximum atomic E-state index is 13.1. The van der Waals surface area contributed by atoms with E-state index in [1.165, 1.54) is 30.3 Å². The highest BCUT2D eigenvalue weighted by Gasteiger charge is 2.22. The normalized spacial score (nSPS) is 11.9. The van der Waals surface area contributed by atoms with Gasteiger partial charge in [-0.15, -0.1) is 0 Å². The average Bonchev–Trinajstić information content (AvgIpc) is 3.12. The Bertz CT molecular complexity index is 1010. The van der Waals surface area contributed by atoms with Gasteiger partial charge in [0.2, 0.25) is 15.8 Å². The van der Waals surface area contributed by atoms with Gasteiger partial charge in [-0.05, 0) is 48.7 Å². The predicted molar refractivity (Wildman–Crippen MR) is 99.8 cm³/mol. The van der Waals surface area contributed by atoms with Gasteiger partial charge in [-0.25, -0.2) is 17.5 Å². The van der Waals surface area contributed by atoms with Crippen LogP contribution < -0.4 is 4.72 Å². The van der Waals surface area contributed by atoms with Crippen LogP contribution in [0.2, 0.25) is 0 Å². The Morgan fingerprint density at radius 2 is 1.81 bits per heavy atom. The first kappa shape index (κ1) is 19.2. The predicted octanol–water partition coefficient (Wildman–Crippen LogP) is 3.87. The zero-order chi connectivity index (χ0) is 19.4. The summed E-state index contributed by atoms with van der Waals surface area (Å²) in [6, 6.07) is 12.1. The van der Waals surface area contributed by atoms with Crippen molar-refractivity contribution in [2.45, 2.75) is 25.2 Å². The summed E-state index contributed by atoms with van der Waals surface area (Å²) in [6.45, 7) is 4.40. The molecule has 0 amide bonds. The minimum Gasteiger partial charge on any atom is -0.334 e. The van der Waals surface area contributed by atoms with E-state index in [0.29, 0.717) is 23.6 Å². The summed E-state index contributed by atoms with van der Waals surface area (Å²) in [4.78, 5) is 4.34. The average molecular weight is 389 g/mol. The van der Waals surface area contributed by atoms with Crippen LogP contribution in [0.5, 0.6) is 0 Å². The van der Waals surface area contributed by atoms with Crippen molar-refractivity contribution < 1.29 is 17.3 Å². The van der Waals surface area contributed by atoms with E-state index in [0.717, 1.165) is 6.42 Å². The van der Waals surface area contributed by atoms with Crippen LogP contribution >= 0.6 is 0 Å². The first-order valence-electron chi connectivity index (χ1n) is 8.55. The zero-order valence-corrected chi connectivity index (χ0v) is 15.8. The molecule has 0 fully saturated rings. The lowest BCUT2D eigenvalue weighted by molar-refractivity contribution is 0.431. The van der Waals surface area contributed by atoms with Gasteiger partial charge in [0.05, 0.1) is 10.5 Å². The molecule has 1 N–H and O–H groups in total. The van der Waals surface area contributed by atoms with Crippen molar-refractivity contribution in [1.82, 2.24) is 14.9 Å². The quantitative estimate of drug-likeness (QED) is 0.663. The molecule has 8 heteroatoms. The lowest BCUT2D eigenvalue weighted by Crippen LogP contribution is -2.26. The number of nitrogens with one attached hydrogen (secondary N) is 1. The van der Waals surface area contributed by atoms with E-state index in [1.54, 1.807) is 18.2 Å². The summed E-state index contributed by atoms with van der Waals surface area (Å²) >= 11 is 0. The van der Waals surface area contributed by atoms with E-state index in [9.17, 15) is 12.8 Å². The second kappa shape index (κ2) is 7.98. The first-order valence-corrected chi connectivity index (χ1v) is 10.0. The fraction of sp³-hybridized carbons (Fsp3) is 0.263. The molecule has 0 aliphatic carbocycles.